The van der Waals surface area contributed by atoms with Crippen molar-refractivity contribution in [1.82, 2.24) is 0 Å². The Morgan fingerprint density at radius 1 is 1.44 bits per heavy atom. The van der Waals surface area contributed by atoms with E-state index in [0.29, 0.717) is 0 Å². The maximum atomic E-state index is 12.6. The van der Waals surface area contributed by atoms with Crippen molar-refractivity contribution >= 4 is 0 Å². The van der Waals surface area contributed by atoms with Crippen molar-refractivity contribution in [2.75, 3.05) is 7.11 Å². The van der Waals surface area contributed by atoms with Crippen LogP contribution in [0, 0.1) is 11.3 Å². The predicted octanol–water partition coefficient (Wildman–Crippen LogP) is 2.04. The molecule has 0 saturated heterocycles. The number of ether oxygens (including phenoxy) is 1. The highest BCUT2D eigenvalue weighted by molar-refractivity contribution is 5.49. The molecule has 0 saturated carbocycles. The van der Waals surface area contributed by atoms with Gasteiger partial charge in [0.1, 0.15) is 5.75 Å². The Morgan fingerprint density at radius 3 is 2.44 bits per heavy atom. The van der Waals surface area contributed by atoms with Crippen LogP contribution in [-0.2, 0) is 12.7 Å². The summed E-state index contributed by atoms with van der Waals surface area (Å²) < 4.78 is 42.6. The van der Waals surface area contributed by atoms with Crippen LogP contribution in [0.2, 0.25) is 0 Å². The molecule has 86 valence electrons. The molecule has 2 N–H and O–H groups in total. The molecule has 1 aromatic rings. The third-order valence-electron chi connectivity index (χ3n) is 2.09. The van der Waals surface area contributed by atoms with Crippen LogP contribution in [0.5, 0.6) is 5.75 Å². The van der Waals surface area contributed by atoms with Gasteiger partial charge in [-0.15, -0.1) is 0 Å². The third kappa shape index (κ3) is 2.25. The van der Waals surface area contributed by atoms with E-state index in [9.17, 15) is 13.2 Å². The van der Waals surface area contributed by atoms with E-state index in [-0.39, 0.29) is 23.4 Å². The topological polar surface area (TPSA) is 59.0 Å². The average Bonchev–Trinajstić information content (AvgIpc) is 2.25. The molecule has 0 aliphatic rings. The Kier molecular flexibility index (Phi) is 3.40. The van der Waals surface area contributed by atoms with Crippen LogP contribution in [0.1, 0.15) is 16.7 Å². The minimum absolute atomic E-state index is 0.0129. The summed E-state index contributed by atoms with van der Waals surface area (Å²) in [5, 5.41) is 8.73. The second-order valence-electron chi connectivity index (χ2n) is 3.01. The zero-order chi connectivity index (χ0) is 12.3. The number of rotatable bonds is 2. The number of methoxy groups -OCH3 is 1. The van der Waals surface area contributed by atoms with E-state index < -0.39 is 11.7 Å². The number of nitrogens with zero attached hydrogens (tertiary/aromatic N) is 1. The van der Waals surface area contributed by atoms with E-state index in [4.69, 9.17) is 15.7 Å². The highest BCUT2D eigenvalue weighted by Gasteiger charge is 2.34. The average molecular weight is 230 g/mol. The standard InChI is InChI=1S/C10H9F3N2O/c1-16-7-2-6(4-14)8(5-15)9(3-7)10(11,12)13/h2-3H,5,15H2,1H3. The highest BCUT2D eigenvalue weighted by Crippen LogP contribution is 2.35. The maximum Gasteiger partial charge on any atom is 0.416 e. The molecule has 0 bridgehead atoms. The summed E-state index contributed by atoms with van der Waals surface area (Å²) in [6.45, 7) is -0.346. The first-order valence-electron chi connectivity index (χ1n) is 4.32. The molecule has 0 spiro atoms. The quantitative estimate of drug-likeness (QED) is 0.845. The Hall–Kier alpha value is -1.74. The first-order chi connectivity index (χ1) is 7.43. The van der Waals surface area contributed by atoms with Crippen molar-refractivity contribution in [3.05, 3.63) is 28.8 Å². The molecule has 0 radical (unpaired) electrons. The fraction of sp³-hybridized carbons (Fsp3) is 0.300. The summed E-state index contributed by atoms with van der Waals surface area (Å²) in [5.41, 5.74) is 3.97. The Morgan fingerprint density at radius 2 is 2.06 bits per heavy atom. The molecule has 1 rings (SSSR count). The van der Waals surface area contributed by atoms with Crippen LogP contribution in [0.25, 0.3) is 0 Å². The van der Waals surface area contributed by atoms with Crippen LogP contribution in [0.4, 0.5) is 13.2 Å². The van der Waals surface area contributed by atoms with Crippen LogP contribution in [0.3, 0.4) is 0 Å². The summed E-state index contributed by atoms with van der Waals surface area (Å²) in [6, 6.07) is 3.74. The van der Waals surface area contributed by atoms with E-state index in [1.807, 2.05) is 0 Å². The molecule has 16 heavy (non-hydrogen) atoms. The van der Waals surface area contributed by atoms with E-state index in [2.05, 4.69) is 0 Å². The number of nitriles is 1. The monoisotopic (exact) mass is 230 g/mol. The second-order valence-corrected chi connectivity index (χ2v) is 3.01. The predicted molar refractivity (Wildman–Crippen MR) is 50.6 cm³/mol. The molecule has 0 heterocycles. The van der Waals surface area contributed by atoms with Crippen LogP contribution in [-0.4, -0.2) is 7.11 Å². The maximum absolute atomic E-state index is 12.6. The lowest BCUT2D eigenvalue weighted by molar-refractivity contribution is -0.138. The van der Waals surface area contributed by atoms with Crippen LogP contribution >= 0.6 is 0 Å². The van der Waals surface area contributed by atoms with Crippen molar-refractivity contribution in [2.45, 2.75) is 12.7 Å². The van der Waals surface area contributed by atoms with Crippen LogP contribution < -0.4 is 10.5 Å². The molecule has 3 nitrogen and oxygen atoms in total. The summed E-state index contributed by atoms with van der Waals surface area (Å²) in [7, 11) is 1.23. The van der Waals surface area contributed by atoms with E-state index >= 15 is 0 Å². The lowest BCUT2D eigenvalue weighted by Gasteiger charge is -2.14. The summed E-state index contributed by atoms with van der Waals surface area (Å²) in [5.74, 6) is -0.0129. The Balaban J connectivity index is 3.51. The van der Waals surface area contributed by atoms with E-state index in [1.165, 1.54) is 13.2 Å². The summed E-state index contributed by atoms with van der Waals surface area (Å²) in [4.78, 5) is 0. The van der Waals surface area contributed by atoms with E-state index in [1.54, 1.807) is 6.07 Å². The van der Waals surface area contributed by atoms with Gasteiger partial charge in [-0.2, -0.15) is 18.4 Å². The summed E-state index contributed by atoms with van der Waals surface area (Å²) >= 11 is 0. The lowest BCUT2D eigenvalue weighted by atomic mass is 10.0. The number of nitrogens with two attached hydrogens (primary N) is 1. The smallest absolute Gasteiger partial charge is 0.416 e. The van der Waals surface area contributed by atoms with Gasteiger partial charge in [-0.3, -0.25) is 0 Å². The minimum atomic E-state index is -4.55. The molecule has 0 amide bonds. The van der Waals surface area contributed by atoms with Crippen molar-refractivity contribution in [1.29, 1.82) is 5.26 Å². The largest absolute Gasteiger partial charge is 0.497 e. The van der Waals surface area contributed by atoms with Crippen molar-refractivity contribution in [2.24, 2.45) is 5.73 Å². The Labute approximate surface area is 90.2 Å². The highest BCUT2D eigenvalue weighted by atomic mass is 19.4. The molecule has 0 unspecified atom stereocenters. The number of halogens is 3. The van der Waals surface area contributed by atoms with Gasteiger partial charge in [0, 0.05) is 6.54 Å². The van der Waals surface area contributed by atoms with Crippen molar-refractivity contribution in [3.63, 3.8) is 0 Å². The molecule has 0 aromatic heterocycles. The molecule has 0 atom stereocenters. The number of hydrogen-bond donors (Lipinski definition) is 1. The second kappa shape index (κ2) is 4.41. The minimum Gasteiger partial charge on any atom is -0.497 e. The third-order valence-corrected chi connectivity index (χ3v) is 2.09. The molecule has 0 aliphatic heterocycles. The van der Waals surface area contributed by atoms with Gasteiger partial charge >= 0.3 is 6.18 Å². The van der Waals surface area contributed by atoms with Gasteiger partial charge < -0.3 is 10.5 Å². The molecule has 0 aliphatic carbocycles. The SMILES string of the molecule is COc1cc(C#N)c(CN)c(C(F)(F)F)c1. The molecular weight excluding hydrogens is 221 g/mol. The lowest BCUT2D eigenvalue weighted by Crippen LogP contribution is -2.14. The van der Waals surface area contributed by atoms with E-state index in [0.717, 1.165) is 6.07 Å². The van der Waals surface area contributed by atoms with Gasteiger partial charge in [-0.1, -0.05) is 0 Å². The molecule has 0 fully saturated rings. The number of benzene rings is 1. The van der Waals surface area contributed by atoms with Gasteiger partial charge in [-0.25, -0.2) is 0 Å². The van der Waals surface area contributed by atoms with Gasteiger partial charge in [0.15, 0.2) is 0 Å². The van der Waals surface area contributed by atoms with Gasteiger partial charge in [0.2, 0.25) is 0 Å². The zero-order valence-electron chi connectivity index (χ0n) is 8.43. The number of hydrogen-bond acceptors (Lipinski definition) is 3. The van der Waals surface area contributed by atoms with Gasteiger partial charge in [-0.05, 0) is 17.7 Å². The fourth-order valence-electron chi connectivity index (χ4n) is 1.34. The fourth-order valence-corrected chi connectivity index (χ4v) is 1.34. The first-order valence-corrected chi connectivity index (χ1v) is 4.32. The van der Waals surface area contributed by atoms with Crippen LogP contribution in [0.15, 0.2) is 12.1 Å². The summed E-state index contributed by atoms with van der Waals surface area (Å²) in [6.07, 6.45) is -4.55. The van der Waals surface area contributed by atoms with Crippen molar-refractivity contribution < 1.29 is 17.9 Å². The van der Waals surface area contributed by atoms with Gasteiger partial charge in [0.05, 0.1) is 24.3 Å². The van der Waals surface area contributed by atoms with Crippen molar-refractivity contribution in [3.8, 4) is 11.8 Å². The Bertz CT molecular complexity index is 435. The molecule has 6 heteroatoms. The number of alkyl halides is 3. The zero-order valence-corrected chi connectivity index (χ0v) is 8.43. The molecular formula is C10H9F3N2O. The first kappa shape index (κ1) is 12.3. The molecule has 1 aromatic carbocycles. The normalized spacial score (nSPS) is 11.0. The van der Waals surface area contributed by atoms with Gasteiger partial charge in [0.25, 0.3) is 0 Å².